The first-order valence-electron chi connectivity index (χ1n) is 7.00. The summed E-state index contributed by atoms with van der Waals surface area (Å²) < 4.78 is 0. The number of nitrogens with two attached hydrogens (primary N) is 1. The van der Waals surface area contributed by atoms with Gasteiger partial charge >= 0.3 is 0 Å². The monoisotopic (exact) mass is 339 g/mol. The minimum Gasteiger partial charge on any atom is -0.327 e. The Kier molecular flexibility index (Phi) is 6.43. The van der Waals surface area contributed by atoms with E-state index in [4.69, 9.17) is 28.9 Å². The largest absolute Gasteiger partial charge is 0.327 e. The molecule has 1 nitrogen and oxygen atoms in total. The molecule has 21 heavy (non-hydrogen) atoms. The number of rotatable bonds is 6. The molecule has 0 spiro atoms. The second kappa shape index (κ2) is 8.09. The molecule has 1 atom stereocenters. The molecule has 0 aromatic heterocycles. The zero-order chi connectivity index (χ0) is 15.2. The summed E-state index contributed by atoms with van der Waals surface area (Å²) in [6.07, 6.45) is 1.84. The predicted molar refractivity (Wildman–Crippen MR) is 94.4 cm³/mol. The van der Waals surface area contributed by atoms with Crippen molar-refractivity contribution in [3.63, 3.8) is 0 Å². The maximum absolute atomic E-state index is 6.21. The lowest BCUT2D eigenvalue weighted by atomic mass is 10.1. The zero-order valence-electron chi connectivity index (χ0n) is 12.0. The van der Waals surface area contributed by atoms with E-state index in [-0.39, 0.29) is 6.04 Å². The third-order valence-electron chi connectivity index (χ3n) is 3.38. The van der Waals surface area contributed by atoms with E-state index in [1.54, 1.807) is 11.8 Å². The lowest BCUT2D eigenvalue weighted by Crippen LogP contribution is -2.21. The molecule has 112 valence electrons. The first kappa shape index (κ1) is 16.7. The van der Waals surface area contributed by atoms with E-state index in [2.05, 4.69) is 19.1 Å². The highest BCUT2D eigenvalue weighted by Crippen LogP contribution is 2.31. The van der Waals surface area contributed by atoms with E-state index in [1.807, 2.05) is 30.3 Å². The zero-order valence-corrected chi connectivity index (χ0v) is 14.3. The number of hydrogen-bond donors (Lipinski definition) is 1. The molecule has 0 radical (unpaired) electrons. The van der Waals surface area contributed by atoms with Crippen LogP contribution >= 0.6 is 35.0 Å². The maximum atomic E-state index is 6.21. The molecule has 2 aromatic carbocycles. The van der Waals surface area contributed by atoms with Crippen molar-refractivity contribution in [2.24, 2.45) is 5.73 Å². The fraction of sp³-hybridized carbons (Fsp3) is 0.294. The number of benzene rings is 2. The molecule has 0 aliphatic heterocycles. The normalized spacial score (nSPS) is 12.4. The van der Waals surface area contributed by atoms with Crippen molar-refractivity contribution in [3.05, 3.63) is 63.6 Å². The van der Waals surface area contributed by atoms with Crippen molar-refractivity contribution >= 4 is 35.0 Å². The molecular formula is C17H19Cl2NS. The van der Waals surface area contributed by atoms with Gasteiger partial charge in [0.15, 0.2) is 0 Å². The Labute approximate surface area is 140 Å². The molecule has 4 heteroatoms. The molecule has 0 bridgehead atoms. The van der Waals surface area contributed by atoms with Crippen LogP contribution in [0.4, 0.5) is 0 Å². The lowest BCUT2D eigenvalue weighted by Gasteiger charge is -2.14. The lowest BCUT2D eigenvalue weighted by molar-refractivity contribution is 0.641. The highest BCUT2D eigenvalue weighted by atomic mass is 35.5. The number of halogens is 2. The van der Waals surface area contributed by atoms with Crippen LogP contribution in [-0.2, 0) is 12.2 Å². The smallest absolute Gasteiger partial charge is 0.0446 e. The van der Waals surface area contributed by atoms with Gasteiger partial charge in [-0.05, 0) is 42.2 Å². The minimum absolute atomic E-state index is 0.186. The van der Waals surface area contributed by atoms with Crippen LogP contribution in [0.1, 0.15) is 24.5 Å². The standard InChI is InChI=1S/C17H19Cl2NS/c1-2-15(20)9-12-7-8-14(18)10-17(12)21-11-13-5-3-4-6-16(13)19/h3-8,10,15H,2,9,11,20H2,1H3. The quantitative estimate of drug-likeness (QED) is 0.696. The second-order valence-corrected chi connectivity index (χ2v) is 6.87. The molecule has 0 aliphatic rings. The molecule has 0 aliphatic carbocycles. The Morgan fingerprint density at radius 2 is 1.86 bits per heavy atom. The van der Waals surface area contributed by atoms with Gasteiger partial charge < -0.3 is 5.73 Å². The molecule has 1 unspecified atom stereocenters. The van der Waals surface area contributed by atoms with Crippen molar-refractivity contribution in [2.45, 2.75) is 36.5 Å². The second-order valence-electron chi connectivity index (χ2n) is 5.00. The molecule has 2 rings (SSSR count). The van der Waals surface area contributed by atoms with Crippen LogP contribution in [0.3, 0.4) is 0 Å². The van der Waals surface area contributed by atoms with Gasteiger partial charge in [0.1, 0.15) is 0 Å². The summed E-state index contributed by atoms with van der Waals surface area (Å²) in [6, 6.07) is 14.1. The first-order chi connectivity index (χ1) is 10.1. The Balaban J connectivity index is 2.14. The highest BCUT2D eigenvalue weighted by Gasteiger charge is 2.09. The molecule has 0 heterocycles. The third kappa shape index (κ3) is 4.93. The Morgan fingerprint density at radius 1 is 1.10 bits per heavy atom. The van der Waals surface area contributed by atoms with Gasteiger partial charge in [-0.15, -0.1) is 11.8 Å². The van der Waals surface area contributed by atoms with Crippen molar-refractivity contribution < 1.29 is 0 Å². The van der Waals surface area contributed by atoms with Gasteiger partial charge in [-0.1, -0.05) is 54.4 Å². The van der Waals surface area contributed by atoms with Gasteiger partial charge in [0.2, 0.25) is 0 Å². The third-order valence-corrected chi connectivity index (χ3v) is 5.13. The molecule has 0 fully saturated rings. The van der Waals surface area contributed by atoms with Crippen molar-refractivity contribution in [1.29, 1.82) is 0 Å². The Hall–Kier alpha value is -0.670. The van der Waals surface area contributed by atoms with Gasteiger partial charge in [0.05, 0.1) is 0 Å². The highest BCUT2D eigenvalue weighted by molar-refractivity contribution is 7.98. The van der Waals surface area contributed by atoms with Gasteiger partial charge in [-0.3, -0.25) is 0 Å². The van der Waals surface area contributed by atoms with Crippen molar-refractivity contribution in [1.82, 2.24) is 0 Å². The number of hydrogen-bond acceptors (Lipinski definition) is 2. The van der Waals surface area contributed by atoms with Crippen molar-refractivity contribution in [3.8, 4) is 0 Å². The van der Waals surface area contributed by atoms with Crippen molar-refractivity contribution in [2.75, 3.05) is 0 Å². The fourth-order valence-electron chi connectivity index (χ4n) is 2.03. The molecule has 0 amide bonds. The Morgan fingerprint density at radius 3 is 2.57 bits per heavy atom. The summed E-state index contributed by atoms with van der Waals surface area (Å²) in [5.41, 5.74) is 8.47. The van der Waals surface area contributed by atoms with Gasteiger partial charge in [-0.2, -0.15) is 0 Å². The summed E-state index contributed by atoms with van der Waals surface area (Å²) in [4.78, 5) is 1.19. The van der Waals surface area contributed by atoms with Crippen LogP contribution in [0.5, 0.6) is 0 Å². The minimum atomic E-state index is 0.186. The summed E-state index contributed by atoms with van der Waals surface area (Å²) in [5, 5.41) is 1.56. The fourth-order valence-corrected chi connectivity index (χ4v) is 3.66. The molecule has 2 aromatic rings. The average molecular weight is 340 g/mol. The molecular weight excluding hydrogens is 321 g/mol. The molecule has 0 saturated carbocycles. The van der Waals surface area contributed by atoms with Crippen LogP contribution < -0.4 is 5.73 Å². The van der Waals surface area contributed by atoms with Crippen LogP contribution in [-0.4, -0.2) is 6.04 Å². The van der Waals surface area contributed by atoms with E-state index in [0.29, 0.717) is 0 Å². The molecule has 2 N–H and O–H groups in total. The average Bonchev–Trinajstić information content (AvgIpc) is 2.48. The summed E-state index contributed by atoms with van der Waals surface area (Å²) >= 11 is 14.1. The van der Waals surface area contributed by atoms with Crippen LogP contribution in [0.2, 0.25) is 10.0 Å². The van der Waals surface area contributed by atoms with Gasteiger partial charge in [-0.25, -0.2) is 0 Å². The van der Waals surface area contributed by atoms with Crippen LogP contribution in [0.15, 0.2) is 47.4 Å². The van der Waals surface area contributed by atoms with Crippen LogP contribution in [0, 0.1) is 0 Å². The van der Waals surface area contributed by atoms with E-state index in [1.165, 1.54) is 10.5 Å². The van der Waals surface area contributed by atoms with E-state index in [0.717, 1.165) is 34.2 Å². The summed E-state index contributed by atoms with van der Waals surface area (Å²) in [5.74, 6) is 0.828. The Bertz CT molecular complexity index is 601. The van der Waals surface area contributed by atoms with E-state index < -0.39 is 0 Å². The van der Waals surface area contributed by atoms with Gasteiger partial charge in [0, 0.05) is 26.7 Å². The van der Waals surface area contributed by atoms with Crippen LogP contribution in [0.25, 0.3) is 0 Å². The summed E-state index contributed by atoms with van der Waals surface area (Å²) in [7, 11) is 0. The SMILES string of the molecule is CCC(N)Cc1ccc(Cl)cc1SCc1ccccc1Cl. The van der Waals surface area contributed by atoms with E-state index in [9.17, 15) is 0 Å². The summed E-state index contributed by atoms with van der Waals surface area (Å²) in [6.45, 7) is 2.11. The first-order valence-corrected chi connectivity index (χ1v) is 8.74. The predicted octanol–water partition coefficient (Wildman–Crippen LogP) is 5.57. The molecule has 0 saturated heterocycles. The maximum Gasteiger partial charge on any atom is 0.0446 e. The topological polar surface area (TPSA) is 26.0 Å². The van der Waals surface area contributed by atoms with E-state index >= 15 is 0 Å². The number of thioether (sulfide) groups is 1. The van der Waals surface area contributed by atoms with Gasteiger partial charge in [0.25, 0.3) is 0 Å².